The minimum absolute atomic E-state index is 0.0443. The summed E-state index contributed by atoms with van der Waals surface area (Å²) in [7, 11) is 0. The molecule has 1 fully saturated rings. The number of Topliss-reactive ketones (excluding diaryl/α,β-unsaturated/α-hetero) is 1. The Morgan fingerprint density at radius 3 is 2.88 bits per heavy atom. The Morgan fingerprint density at radius 1 is 1.23 bits per heavy atom. The second-order valence-electron chi connectivity index (χ2n) is 6.62. The van der Waals surface area contributed by atoms with Crippen LogP contribution >= 0.6 is 0 Å². The number of aryl methyl sites for hydroxylation is 1. The molecule has 1 saturated heterocycles. The number of aromatic nitrogens is 2. The number of H-pyrrole nitrogens is 1. The van der Waals surface area contributed by atoms with E-state index in [2.05, 4.69) is 20.2 Å². The number of hydrogen-bond donors (Lipinski definition) is 2. The summed E-state index contributed by atoms with van der Waals surface area (Å²) in [5, 5.41) is 3.68. The molecular weight excluding hydrogens is 328 g/mol. The highest BCUT2D eigenvalue weighted by molar-refractivity contribution is 6.45. The molecule has 1 amide bonds. The molecule has 1 aliphatic rings. The van der Waals surface area contributed by atoms with Crippen LogP contribution in [0.1, 0.15) is 22.5 Å². The molecule has 0 aliphatic carbocycles. The van der Waals surface area contributed by atoms with Crippen LogP contribution in [-0.2, 0) is 4.79 Å². The molecule has 0 unspecified atom stereocenters. The summed E-state index contributed by atoms with van der Waals surface area (Å²) in [6.07, 6.45) is 4.35. The Balaban J connectivity index is 1.47. The summed E-state index contributed by atoms with van der Waals surface area (Å²) >= 11 is 0. The van der Waals surface area contributed by atoms with Gasteiger partial charge in [-0.05, 0) is 31.5 Å². The number of para-hydroxylation sites is 1. The van der Waals surface area contributed by atoms with Crippen LogP contribution in [0.4, 0.5) is 5.69 Å². The zero-order valence-corrected chi connectivity index (χ0v) is 14.5. The zero-order chi connectivity index (χ0) is 18.1. The first-order chi connectivity index (χ1) is 12.6. The third-order valence-electron chi connectivity index (χ3n) is 4.86. The summed E-state index contributed by atoms with van der Waals surface area (Å²) in [5.41, 5.74) is 3.07. The lowest BCUT2D eigenvalue weighted by Gasteiger charge is -2.18. The molecule has 1 aromatic carbocycles. The predicted molar refractivity (Wildman–Crippen MR) is 100 cm³/mol. The summed E-state index contributed by atoms with van der Waals surface area (Å²) in [4.78, 5) is 34.7. The van der Waals surface area contributed by atoms with Crippen molar-refractivity contribution in [3.63, 3.8) is 0 Å². The van der Waals surface area contributed by atoms with Crippen LogP contribution in [0.2, 0.25) is 0 Å². The molecule has 0 bridgehead atoms. The van der Waals surface area contributed by atoms with E-state index >= 15 is 0 Å². The van der Waals surface area contributed by atoms with Gasteiger partial charge in [-0.2, -0.15) is 0 Å². The topological polar surface area (TPSA) is 78.1 Å². The van der Waals surface area contributed by atoms with Gasteiger partial charge in [0.05, 0.1) is 17.4 Å². The van der Waals surface area contributed by atoms with Gasteiger partial charge in [0, 0.05) is 41.9 Å². The molecule has 2 aromatic heterocycles. The number of hydrogen-bond acceptors (Lipinski definition) is 4. The van der Waals surface area contributed by atoms with Crippen LogP contribution in [0.25, 0.3) is 10.9 Å². The van der Waals surface area contributed by atoms with Crippen molar-refractivity contribution in [2.75, 3.05) is 18.0 Å². The Morgan fingerprint density at radius 2 is 2.08 bits per heavy atom. The second-order valence-corrected chi connectivity index (χ2v) is 6.62. The second kappa shape index (κ2) is 6.63. The number of nitrogens with one attached hydrogen (secondary N) is 2. The van der Waals surface area contributed by atoms with Gasteiger partial charge < -0.3 is 15.2 Å². The Kier molecular flexibility index (Phi) is 4.16. The van der Waals surface area contributed by atoms with Gasteiger partial charge in [0.2, 0.25) is 0 Å². The smallest absolute Gasteiger partial charge is 0.292 e. The first-order valence-corrected chi connectivity index (χ1v) is 8.71. The lowest BCUT2D eigenvalue weighted by Crippen LogP contribution is -2.41. The predicted octanol–water partition coefficient (Wildman–Crippen LogP) is 2.45. The Bertz CT molecular complexity index is 964. The van der Waals surface area contributed by atoms with E-state index in [0.717, 1.165) is 35.2 Å². The largest absolute Gasteiger partial charge is 0.368 e. The van der Waals surface area contributed by atoms with Crippen LogP contribution in [0.15, 0.2) is 48.8 Å². The molecule has 6 heteroatoms. The highest BCUT2D eigenvalue weighted by Gasteiger charge is 2.28. The fraction of sp³-hybridized carbons (Fsp3) is 0.250. The SMILES string of the molecule is Cc1[nH]c2ccccc2c1C(=O)C(=O)N[C@H]1CCN(c2cccnc2)C1. The van der Waals surface area contributed by atoms with Crippen LogP contribution in [0, 0.1) is 6.92 Å². The van der Waals surface area contributed by atoms with Crippen LogP contribution in [-0.4, -0.2) is 40.8 Å². The van der Waals surface area contributed by atoms with Gasteiger partial charge >= 0.3 is 0 Å². The standard InChI is InChI=1S/C20H20N4O2/c1-13-18(16-6-2-3-7-17(16)22-13)19(25)20(26)23-14-8-10-24(12-14)15-5-4-9-21-11-15/h2-7,9,11,14,22H,8,10,12H2,1H3,(H,23,26)/t14-/m0/s1. The summed E-state index contributed by atoms with van der Waals surface area (Å²) < 4.78 is 0. The molecule has 0 saturated carbocycles. The van der Waals surface area contributed by atoms with Crippen molar-refractivity contribution in [2.45, 2.75) is 19.4 Å². The molecule has 6 nitrogen and oxygen atoms in total. The minimum atomic E-state index is -0.545. The Labute approximate surface area is 151 Å². The van der Waals surface area contributed by atoms with Crippen molar-refractivity contribution in [3.05, 3.63) is 60.0 Å². The summed E-state index contributed by atoms with van der Waals surface area (Å²) in [5.74, 6) is -1.03. The molecule has 132 valence electrons. The van der Waals surface area contributed by atoms with E-state index in [1.807, 2.05) is 49.5 Å². The van der Waals surface area contributed by atoms with Crippen LogP contribution in [0.5, 0.6) is 0 Å². The molecule has 4 rings (SSSR count). The summed E-state index contributed by atoms with van der Waals surface area (Å²) in [6.45, 7) is 3.33. The molecule has 0 radical (unpaired) electrons. The van der Waals surface area contributed by atoms with Crippen LogP contribution < -0.4 is 10.2 Å². The number of benzene rings is 1. The number of carbonyl (C=O) groups is 2. The van der Waals surface area contributed by atoms with Crippen molar-refractivity contribution in [1.29, 1.82) is 0 Å². The molecule has 0 spiro atoms. The minimum Gasteiger partial charge on any atom is -0.368 e. The lowest BCUT2D eigenvalue weighted by atomic mass is 10.1. The molecule has 1 aliphatic heterocycles. The van der Waals surface area contributed by atoms with Gasteiger partial charge in [-0.15, -0.1) is 0 Å². The number of aromatic amines is 1. The van der Waals surface area contributed by atoms with E-state index in [1.54, 1.807) is 6.20 Å². The van der Waals surface area contributed by atoms with Gasteiger partial charge in [-0.1, -0.05) is 18.2 Å². The monoisotopic (exact) mass is 348 g/mol. The molecule has 2 N–H and O–H groups in total. The van der Waals surface area contributed by atoms with Gasteiger partial charge in [0.1, 0.15) is 0 Å². The van der Waals surface area contributed by atoms with E-state index in [0.29, 0.717) is 12.1 Å². The van der Waals surface area contributed by atoms with Crippen molar-refractivity contribution >= 4 is 28.3 Å². The lowest BCUT2D eigenvalue weighted by molar-refractivity contribution is -0.117. The number of nitrogens with zero attached hydrogens (tertiary/aromatic N) is 2. The maximum absolute atomic E-state index is 12.7. The quantitative estimate of drug-likeness (QED) is 0.561. The summed E-state index contributed by atoms with van der Waals surface area (Å²) in [6, 6.07) is 11.4. The fourth-order valence-electron chi connectivity index (χ4n) is 3.59. The van der Waals surface area contributed by atoms with Gasteiger partial charge in [0.25, 0.3) is 11.7 Å². The van der Waals surface area contributed by atoms with Crippen molar-refractivity contribution in [3.8, 4) is 0 Å². The highest BCUT2D eigenvalue weighted by atomic mass is 16.2. The average Bonchev–Trinajstić information content (AvgIpc) is 3.25. The van der Waals surface area contributed by atoms with Crippen molar-refractivity contribution < 1.29 is 9.59 Å². The molecule has 3 aromatic rings. The maximum atomic E-state index is 12.7. The molecule has 1 atom stereocenters. The number of rotatable bonds is 4. The zero-order valence-electron chi connectivity index (χ0n) is 14.5. The third-order valence-corrected chi connectivity index (χ3v) is 4.86. The van der Waals surface area contributed by atoms with Gasteiger partial charge in [-0.3, -0.25) is 14.6 Å². The number of carbonyl (C=O) groups excluding carboxylic acids is 2. The van der Waals surface area contributed by atoms with Crippen LogP contribution in [0.3, 0.4) is 0 Å². The normalized spacial score (nSPS) is 16.8. The number of pyridine rings is 1. The Hall–Kier alpha value is -3.15. The maximum Gasteiger partial charge on any atom is 0.292 e. The van der Waals surface area contributed by atoms with Crippen molar-refractivity contribution in [2.24, 2.45) is 0 Å². The average molecular weight is 348 g/mol. The molecule has 3 heterocycles. The van der Waals surface area contributed by atoms with Gasteiger partial charge in [0.15, 0.2) is 0 Å². The third kappa shape index (κ3) is 2.94. The van der Waals surface area contributed by atoms with Gasteiger partial charge in [-0.25, -0.2) is 0 Å². The van der Waals surface area contributed by atoms with E-state index in [4.69, 9.17) is 0 Å². The molecule has 26 heavy (non-hydrogen) atoms. The number of fused-ring (bicyclic) bond motifs is 1. The van der Waals surface area contributed by atoms with E-state index in [9.17, 15) is 9.59 Å². The first kappa shape index (κ1) is 16.3. The number of ketones is 1. The number of anilines is 1. The highest BCUT2D eigenvalue weighted by Crippen LogP contribution is 2.23. The first-order valence-electron chi connectivity index (χ1n) is 8.71. The number of amides is 1. The van der Waals surface area contributed by atoms with E-state index in [-0.39, 0.29) is 6.04 Å². The van der Waals surface area contributed by atoms with Crippen molar-refractivity contribution in [1.82, 2.24) is 15.3 Å². The fourth-order valence-corrected chi connectivity index (χ4v) is 3.59. The molecular formula is C20H20N4O2. The van der Waals surface area contributed by atoms with E-state index in [1.165, 1.54) is 0 Å². The van der Waals surface area contributed by atoms with E-state index < -0.39 is 11.7 Å².